The highest BCUT2D eigenvalue weighted by Crippen LogP contribution is 2.38. The smallest absolute Gasteiger partial charge is 0.291 e. The summed E-state index contributed by atoms with van der Waals surface area (Å²) in [5, 5.41) is 10.5. The summed E-state index contributed by atoms with van der Waals surface area (Å²) in [6, 6.07) is 5.10. The van der Waals surface area contributed by atoms with E-state index < -0.39 is 5.91 Å². The predicted molar refractivity (Wildman–Crippen MR) is 84.5 cm³/mol. The molecule has 0 atom stereocenters. The van der Waals surface area contributed by atoms with E-state index in [1.807, 2.05) is 6.92 Å². The summed E-state index contributed by atoms with van der Waals surface area (Å²) in [5.41, 5.74) is 4.08. The van der Waals surface area contributed by atoms with E-state index in [0.29, 0.717) is 22.8 Å². The topological polar surface area (TPSA) is 97.8 Å². The standard InChI is InChI=1S/C15H18N4O4/c1-9-7-11(18-17-9)15(20)19-16-8-10-5-6-12(21-2)14(23-4)13(10)22-3/h5-8H,1-4H3,(H,17,18)(H,19,20)/b16-8+. The van der Waals surface area contributed by atoms with Crippen LogP contribution in [0.5, 0.6) is 17.2 Å². The van der Waals surface area contributed by atoms with Crippen molar-refractivity contribution in [2.75, 3.05) is 21.3 Å². The second-order valence-corrected chi connectivity index (χ2v) is 4.56. The highest BCUT2D eigenvalue weighted by Gasteiger charge is 2.14. The quantitative estimate of drug-likeness (QED) is 0.621. The normalized spacial score (nSPS) is 10.6. The zero-order valence-electron chi connectivity index (χ0n) is 13.3. The first-order valence-corrected chi connectivity index (χ1v) is 6.75. The Kier molecular flexibility index (Phi) is 5.19. The van der Waals surface area contributed by atoms with Crippen molar-refractivity contribution in [3.63, 3.8) is 0 Å². The molecule has 1 aromatic heterocycles. The van der Waals surface area contributed by atoms with Crippen LogP contribution in [0.15, 0.2) is 23.3 Å². The van der Waals surface area contributed by atoms with E-state index in [4.69, 9.17) is 14.2 Å². The molecule has 2 N–H and O–H groups in total. The summed E-state index contributed by atoms with van der Waals surface area (Å²) < 4.78 is 15.8. The van der Waals surface area contributed by atoms with Gasteiger partial charge in [-0.05, 0) is 25.1 Å². The van der Waals surface area contributed by atoms with E-state index in [1.54, 1.807) is 18.2 Å². The Bertz CT molecular complexity index is 724. The Labute approximate surface area is 133 Å². The maximum atomic E-state index is 11.8. The van der Waals surface area contributed by atoms with Crippen LogP contribution in [0.2, 0.25) is 0 Å². The van der Waals surface area contributed by atoms with Crippen LogP contribution in [-0.4, -0.2) is 43.6 Å². The van der Waals surface area contributed by atoms with Crippen LogP contribution in [0.1, 0.15) is 21.7 Å². The van der Waals surface area contributed by atoms with E-state index in [-0.39, 0.29) is 5.69 Å². The molecule has 2 aromatic rings. The monoisotopic (exact) mass is 318 g/mol. The average Bonchev–Trinajstić information content (AvgIpc) is 3.00. The summed E-state index contributed by atoms with van der Waals surface area (Å²) in [5.74, 6) is 1.04. The Morgan fingerprint density at radius 1 is 1.22 bits per heavy atom. The number of rotatable bonds is 6. The molecular weight excluding hydrogens is 300 g/mol. The van der Waals surface area contributed by atoms with E-state index in [2.05, 4.69) is 20.7 Å². The molecular formula is C15H18N4O4. The zero-order chi connectivity index (χ0) is 16.8. The van der Waals surface area contributed by atoms with Gasteiger partial charge in [-0.3, -0.25) is 9.89 Å². The van der Waals surface area contributed by atoms with Gasteiger partial charge >= 0.3 is 0 Å². The number of nitrogens with zero attached hydrogens (tertiary/aromatic N) is 2. The summed E-state index contributed by atoms with van der Waals surface area (Å²) in [4.78, 5) is 11.8. The molecule has 0 unspecified atom stereocenters. The van der Waals surface area contributed by atoms with Crippen LogP contribution in [0, 0.1) is 6.92 Å². The van der Waals surface area contributed by atoms with Gasteiger partial charge in [0.05, 0.1) is 27.5 Å². The summed E-state index contributed by atoms with van der Waals surface area (Å²) >= 11 is 0. The predicted octanol–water partition coefficient (Wildman–Crippen LogP) is 1.51. The van der Waals surface area contributed by atoms with Gasteiger partial charge in [0.1, 0.15) is 0 Å². The third kappa shape index (κ3) is 3.60. The van der Waals surface area contributed by atoms with E-state index in [0.717, 1.165) is 5.69 Å². The second-order valence-electron chi connectivity index (χ2n) is 4.56. The van der Waals surface area contributed by atoms with Gasteiger partial charge in [0.25, 0.3) is 5.91 Å². The molecule has 8 heteroatoms. The first-order valence-electron chi connectivity index (χ1n) is 6.75. The van der Waals surface area contributed by atoms with Crippen molar-refractivity contribution in [2.24, 2.45) is 5.10 Å². The molecule has 0 bridgehead atoms. The number of nitrogens with one attached hydrogen (secondary N) is 2. The molecule has 0 radical (unpaired) electrons. The third-order valence-electron chi connectivity index (χ3n) is 3.04. The van der Waals surface area contributed by atoms with Gasteiger partial charge in [0.15, 0.2) is 17.2 Å². The molecule has 0 aliphatic carbocycles. The SMILES string of the molecule is COc1ccc(/C=N/NC(=O)c2cc(C)[nH]n2)c(OC)c1OC. The van der Waals surface area contributed by atoms with Crippen LogP contribution in [0.4, 0.5) is 0 Å². The van der Waals surface area contributed by atoms with Crippen LogP contribution in [0.25, 0.3) is 0 Å². The molecule has 2 rings (SSSR count). The van der Waals surface area contributed by atoms with Crippen molar-refractivity contribution in [2.45, 2.75) is 6.92 Å². The summed E-state index contributed by atoms with van der Waals surface area (Å²) in [6.45, 7) is 1.81. The van der Waals surface area contributed by atoms with E-state index >= 15 is 0 Å². The number of carbonyl (C=O) groups is 1. The first-order chi connectivity index (χ1) is 11.1. The van der Waals surface area contributed by atoms with Crippen molar-refractivity contribution in [3.05, 3.63) is 35.2 Å². The number of hydrogen-bond donors (Lipinski definition) is 2. The molecule has 122 valence electrons. The molecule has 1 heterocycles. The summed E-state index contributed by atoms with van der Waals surface area (Å²) in [7, 11) is 4.57. The van der Waals surface area contributed by atoms with Gasteiger partial charge in [0, 0.05) is 11.3 Å². The highest BCUT2D eigenvalue weighted by atomic mass is 16.5. The minimum atomic E-state index is -0.412. The fourth-order valence-electron chi connectivity index (χ4n) is 1.98. The van der Waals surface area contributed by atoms with Crippen LogP contribution in [-0.2, 0) is 0 Å². The van der Waals surface area contributed by atoms with Crippen molar-refractivity contribution in [3.8, 4) is 17.2 Å². The lowest BCUT2D eigenvalue weighted by Crippen LogP contribution is -2.18. The van der Waals surface area contributed by atoms with Crippen molar-refractivity contribution in [1.29, 1.82) is 0 Å². The van der Waals surface area contributed by atoms with Crippen molar-refractivity contribution in [1.82, 2.24) is 15.6 Å². The van der Waals surface area contributed by atoms with E-state index in [9.17, 15) is 4.79 Å². The molecule has 0 fully saturated rings. The fourth-order valence-corrected chi connectivity index (χ4v) is 1.98. The number of hydrogen-bond acceptors (Lipinski definition) is 6. The first kappa shape index (κ1) is 16.3. The number of hydrazone groups is 1. The number of carbonyl (C=O) groups excluding carboxylic acids is 1. The number of amides is 1. The van der Waals surface area contributed by atoms with Crippen molar-refractivity contribution >= 4 is 12.1 Å². The lowest BCUT2D eigenvalue weighted by molar-refractivity contribution is 0.0950. The van der Waals surface area contributed by atoms with Gasteiger partial charge in [-0.1, -0.05) is 0 Å². The average molecular weight is 318 g/mol. The van der Waals surface area contributed by atoms with Crippen molar-refractivity contribution < 1.29 is 19.0 Å². The third-order valence-corrected chi connectivity index (χ3v) is 3.04. The number of methoxy groups -OCH3 is 3. The molecule has 1 aromatic carbocycles. The lowest BCUT2D eigenvalue weighted by Gasteiger charge is -2.13. The minimum absolute atomic E-state index is 0.263. The van der Waals surface area contributed by atoms with E-state index in [1.165, 1.54) is 27.5 Å². The van der Waals surface area contributed by atoms with Gasteiger partial charge in [0.2, 0.25) is 5.75 Å². The number of benzene rings is 1. The molecule has 23 heavy (non-hydrogen) atoms. The van der Waals surface area contributed by atoms with Crippen LogP contribution >= 0.6 is 0 Å². The number of aromatic amines is 1. The number of aromatic nitrogens is 2. The Morgan fingerprint density at radius 2 is 1.96 bits per heavy atom. The van der Waals surface area contributed by atoms with Crippen LogP contribution in [0.3, 0.4) is 0 Å². The Balaban J connectivity index is 2.17. The summed E-state index contributed by atoms with van der Waals surface area (Å²) in [6.07, 6.45) is 1.46. The maximum absolute atomic E-state index is 11.8. The molecule has 0 aliphatic rings. The highest BCUT2D eigenvalue weighted by molar-refractivity contribution is 5.93. The Hall–Kier alpha value is -3.03. The number of H-pyrrole nitrogens is 1. The minimum Gasteiger partial charge on any atom is -0.493 e. The Morgan fingerprint density at radius 3 is 2.52 bits per heavy atom. The number of ether oxygens (including phenoxy) is 3. The molecule has 0 saturated heterocycles. The maximum Gasteiger partial charge on any atom is 0.291 e. The molecule has 0 aliphatic heterocycles. The molecule has 1 amide bonds. The lowest BCUT2D eigenvalue weighted by atomic mass is 10.2. The largest absolute Gasteiger partial charge is 0.493 e. The molecule has 8 nitrogen and oxygen atoms in total. The van der Waals surface area contributed by atoms with Gasteiger partial charge in [-0.2, -0.15) is 10.2 Å². The van der Waals surface area contributed by atoms with Gasteiger partial charge in [-0.15, -0.1) is 0 Å². The van der Waals surface area contributed by atoms with Crippen LogP contribution < -0.4 is 19.6 Å². The molecule has 0 spiro atoms. The zero-order valence-corrected chi connectivity index (χ0v) is 13.3. The molecule has 0 saturated carbocycles. The van der Waals surface area contributed by atoms with Gasteiger partial charge in [-0.25, -0.2) is 5.43 Å². The van der Waals surface area contributed by atoms with Gasteiger partial charge < -0.3 is 14.2 Å². The second kappa shape index (κ2) is 7.30. The fraction of sp³-hybridized carbons (Fsp3) is 0.267. The number of aryl methyl sites for hydroxylation is 1.